The molecule has 1 saturated heterocycles. The molecule has 0 aromatic heterocycles. The first-order valence-electron chi connectivity index (χ1n) is 8.79. The number of benzene rings is 1. The smallest absolute Gasteiger partial charge is 0.317 e. The number of carbonyl (C=O) groups excluding carboxylic acids is 1. The summed E-state index contributed by atoms with van der Waals surface area (Å²) in [6.07, 6.45) is 2.16. The second-order valence-electron chi connectivity index (χ2n) is 6.82. The van der Waals surface area contributed by atoms with Gasteiger partial charge in [0.15, 0.2) is 0 Å². The number of nitrogens with zero attached hydrogens (tertiary/aromatic N) is 1. The maximum Gasteiger partial charge on any atom is 0.317 e. The van der Waals surface area contributed by atoms with Gasteiger partial charge in [-0.15, -0.1) is 0 Å². The first-order chi connectivity index (χ1) is 12.4. The second kappa shape index (κ2) is 8.22. The van der Waals surface area contributed by atoms with Gasteiger partial charge in [0.25, 0.3) is 0 Å². The molecule has 3 rings (SSSR count). The largest absolute Gasteiger partial charge is 0.481 e. The van der Waals surface area contributed by atoms with Crippen LogP contribution in [0.15, 0.2) is 18.2 Å². The average molecular weight is 385 g/mol. The Kier molecular flexibility index (Phi) is 5.98. The van der Waals surface area contributed by atoms with Crippen LogP contribution in [0.2, 0.25) is 5.02 Å². The average Bonchev–Trinajstić information content (AvgIpc) is 2.64. The summed E-state index contributed by atoms with van der Waals surface area (Å²) >= 11 is 5.83. The van der Waals surface area contributed by atoms with Crippen molar-refractivity contribution in [3.63, 3.8) is 0 Å². The minimum absolute atomic E-state index is 0.000314. The number of halogens is 2. The van der Waals surface area contributed by atoms with Gasteiger partial charge in [-0.1, -0.05) is 17.7 Å². The van der Waals surface area contributed by atoms with Crippen molar-refractivity contribution in [2.24, 2.45) is 5.92 Å². The van der Waals surface area contributed by atoms with E-state index in [1.165, 1.54) is 12.1 Å². The number of amides is 2. The standard InChI is InChI=1S/C18H22ClFN2O4/c19-14-9-12(3-6-15(14)20)16-10-22(7-8-26-16)18(25)21-13-4-1-11(2-5-13)17(23)24/h3,6,9,11,13,16H,1-2,4-5,7-8,10H2,(H,21,25)(H,23,24). The summed E-state index contributed by atoms with van der Waals surface area (Å²) < 4.78 is 19.0. The van der Waals surface area contributed by atoms with E-state index in [4.69, 9.17) is 21.4 Å². The lowest BCUT2D eigenvalue weighted by Crippen LogP contribution is -2.50. The zero-order chi connectivity index (χ0) is 18.7. The lowest BCUT2D eigenvalue weighted by atomic mass is 9.86. The zero-order valence-corrected chi connectivity index (χ0v) is 15.0. The summed E-state index contributed by atoms with van der Waals surface area (Å²) in [6, 6.07) is 4.25. The molecule has 1 atom stereocenters. The van der Waals surface area contributed by atoms with Crippen molar-refractivity contribution in [3.05, 3.63) is 34.6 Å². The Morgan fingerprint density at radius 2 is 2.00 bits per heavy atom. The number of carbonyl (C=O) groups is 2. The van der Waals surface area contributed by atoms with Gasteiger partial charge in [-0.05, 0) is 43.4 Å². The molecule has 0 bridgehead atoms. The molecule has 2 N–H and O–H groups in total. The first-order valence-corrected chi connectivity index (χ1v) is 9.16. The number of hydrogen-bond acceptors (Lipinski definition) is 3. The Balaban J connectivity index is 1.55. The molecule has 1 aromatic carbocycles. The van der Waals surface area contributed by atoms with Gasteiger partial charge in [-0.25, -0.2) is 9.18 Å². The highest BCUT2D eigenvalue weighted by molar-refractivity contribution is 6.30. The third-order valence-corrected chi connectivity index (χ3v) is 5.36. The van der Waals surface area contributed by atoms with Crippen LogP contribution in [0.1, 0.15) is 37.4 Å². The number of ether oxygens (including phenoxy) is 1. The predicted molar refractivity (Wildman–Crippen MR) is 93.6 cm³/mol. The molecule has 1 aliphatic carbocycles. The molecular weight excluding hydrogens is 363 g/mol. The van der Waals surface area contributed by atoms with Gasteiger partial charge in [0.1, 0.15) is 11.9 Å². The van der Waals surface area contributed by atoms with Crippen LogP contribution in [0.25, 0.3) is 0 Å². The van der Waals surface area contributed by atoms with Crippen LogP contribution in [0.4, 0.5) is 9.18 Å². The molecule has 8 heteroatoms. The van der Waals surface area contributed by atoms with Crippen LogP contribution in [-0.4, -0.2) is 47.7 Å². The number of morpholine rings is 1. The van der Waals surface area contributed by atoms with Crippen molar-refractivity contribution < 1.29 is 23.8 Å². The summed E-state index contributed by atoms with van der Waals surface area (Å²) in [7, 11) is 0. The number of nitrogens with one attached hydrogen (secondary N) is 1. The summed E-state index contributed by atoms with van der Waals surface area (Å²) in [5, 5.41) is 12.1. The van der Waals surface area contributed by atoms with E-state index in [1.54, 1.807) is 11.0 Å². The molecule has 26 heavy (non-hydrogen) atoms. The van der Waals surface area contributed by atoms with Crippen LogP contribution in [0.3, 0.4) is 0 Å². The van der Waals surface area contributed by atoms with Crippen LogP contribution in [0, 0.1) is 11.7 Å². The molecule has 2 fully saturated rings. The fourth-order valence-corrected chi connectivity index (χ4v) is 3.69. The highest BCUT2D eigenvalue weighted by Crippen LogP contribution is 2.27. The monoisotopic (exact) mass is 384 g/mol. The van der Waals surface area contributed by atoms with Crippen LogP contribution < -0.4 is 5.32 Å². The number of carboxylic acids is 1. The van der Waals surface area contributed by atoms with E-state index in [1.807, 2.05) is 0 Å². The van der Waals surface area contributed by atoms with Crippen molar-refractivity contribution in [1.82, 2.24) is 10.2 Å². The van der Waals surface area contributed by atoms with Gasteiger partial charge in [-0.3, -0.25) is 4.79 Å². The van der Waals surface area contributed by atoms with Gasteiger partial charge in [0, 0.05) is 12.6 Å². The molecule has 0 radical (unpaired) electrons. The van der Waals surface area contributed by atoms with E-state index in [0.29, 0.717) is 45.4 Å². The zero-order valence-electron chi connectivity index (χ0n) is 14.3. The summed E-state index contributed by atoms with van der Waals surface area (Å²) in [4.78, 5) is 25.2. The van der Waals surface area contributed by atoms with Crippen molar-refractivity contribution in [2.45, 2.75) is 37.8 Å². The molecule has 2 amide bonds. The fourth-order valence-electron chi connectivity index (χ4n) is 3.50. The third-order valence-electron chi connectivity index (χ3n) is 5.07. The van der Waals surface area contributed by atoms with Crippen molar-refractivity contribution in [2.75, 3.05) is 19.7 Å². The minimum atomic E-state index is -0.760. The molecule has 142 valence electrons. The SMILES string of the molecule is O=C(O)C1CCC(NC(=O)N2CCOC(c3ccc(F)c(Cl)c3)C2)CC1. The molecular formula is C18H22ClFN2O4. The Morgan fingerprint density at radius 1 is 1.27 bits per heavy atom. The fraction of sp³-hybridized carbons (Fsp3) is 0.556. The molecule has 1 unspecified atom stereocenters. The van der Waals surface area contributed by atoms with Crippen molar-refractivity contribution in [3.8, 4) is 0 Å². The van der Waals surface area contributed by atoms with E-state index in [0.717, 1.165) is 5.56 Å². The minimum Gasteiger partial charge on any atom is -0.481 e. The van der Waals surface area contributed by atoms with Crippen LogP contribution in [-0.2, 0) is 9.53 Å². The Bertz CT molecular complexity index is 679. The summed E-state index contributed by atoms with van der Waals surface area (Å²) in [5.41, 5.74) is 0.732. The number of aliphatic carboxylic acids is 1. The van der Waals surface area contributed by atoms with Crippen LogP contribution >= 0.6 is 11.6 Å². The predicted octanol–water partition coefficient (Wildman–Crippen LogP) is 3.21. The van der Waals surface area contributed by atoms with Crippen LogP contribution in [0.5, 0.6) is 0 Å². The molecule has 1 aliphatic heterocycles. The lowest BCUT2D eigenvalue weighted by Gasteiger charge is -2.35. The number of urea groups is 1. The lowest BCUT2D eigenvalue weighted by molar-refractivity contribution is -0.142. The maximum atomic E-state index is 13.3. The molecule has 1 heterocycles. The maximum absolute atomic E-state index is 13.3. The van der Waals surface area contributed by atoms with Gasteiger partial charge in [0.2, 0.25) is 0 Å². The van der Waals surface area contributed by atoms with E-state index < -0.39 is 11.8 Å². The van der Waals surface area contributed by atoms with Gasteiger partial charge in [-0.2, -0.15) is 0 Å². The Labute approximate surface area is 156 Å². The second-order valence-corrected chi connectivity index (χ2v) is 7.22. The normalized spacial score (nSPS) is 26.4. The van der Waals surface area contributed by atoms with Gasteiger partial charge >= 0.3 is 12.0 Å². The third kappa shape index (κ3) is 4.45. The quantitative estimate of drug-likeness (QED) is 0.838. The summed E-state index contributed by atoms with van der Waals surface area (Å²) in [6.45, 7) is 1.22. The van der Waals surface area contributed by atoms with Crippen molar-refractivity contribution >= 4 is 23.6 Å². The molecule has 1 aromatic rings. The number of rotatable bonds is 3. The van der Waals surface area contributed by atoms with E-state index in [-0.39, 0.29) is 29.1 Å². The highest BCUT2D eigenvalue weighted by atomic mass is 35.5. The first kappa shape index (κ1) is 18.9. The highest BCUT2D eigenvalue weighted by Gasteiger charge is 2.30. The van der Waals surface area contributed by atoms with Gasteiger partial charge < -0.3 is 20.1 Å². The Morgan fingerprint density at radius 3 is 2.65 bits per heavy atom. The van der Waals surface area contributed by atoms with E-state index in [2.05, 4.69) is 5.32 Å². The number of carboxylic acid groups (broad SMARTS) is 1. The van der Waals surface area contributed by atoms with Crippen molar-refractivity contribution in [1.29, 1.82) is 0 Å². The molecule has 2 aliphatic rings. The van der Waals surface area contributed by atoms with E-state index >= 15 is 0 Å². The number of hydrogen-bond donors (Lipinski definition) is 2. The molecule has 1 saturated carbocycles. The van der Waals surface area contributed by atoms with Gasteiger partial charge in [0.05, 0.1) is 24.1 Å². The summed E-state index contributed by atoms with van der Waals surface area (Å²) in [5.74, 6) is -1.55. The van der Waals surface area contributed by atoms with E-state index in [9.17, 15) is 14.0 Å². The topological polar surface area (TPSA) is 78.9 Å². The molecule has 6 nitrogen and oxygen atoms in total. The Hall–Kier alpha value is -1.86. The molecule has 0 spiro atoms.